The molecule has 2 aromatic rings. The molecule has 1 heterocycles. The zero-order valence-electron chi connectivity index (χ0n) is 7.28. The van der Waals surface area contributed by atoms with Gasteiger partial charge in [-0.25, -0.2) is 0 Å². The fourth-order valence-electron chi connectivity index (χ4n) is 1.24. The van der Waals surface area contributed by atoms with Gasteiger partial charge in [-0.15, -0.1) is 0 Å². The number of furan rings is 1. The minimum Gasteiger partial charge on any atom is -0.472 e. The normalized spacial score (nSPS) is 12.7. The molecule has 0 saturated heterocycles. The van der Waals surface area contributed by atoms with Crippen molar-refractivity contribution in [2.24, 2.45) is 0 Å². The van der Waals surface area contributed by atoms with Gasteiger partial charge in [0.2, 0.25) is 0 Å². The van der Waals surface area contributed by atoms with Gasteiger partial charge in [0.15, 0.2) is 0 Å². The fraction of sp³-hybridized carbons (Fsp3) is 0.0909. The van der Waals surface area contributed by atoms with E-state index in [0.29, 0.717) is 0 Å². The highest BCUT2D eigenvalue weighted by molar-refractivity contribution is 9.09. The Bertz CT molecular complexity index is 394. The minimum absolute atomic E-state index is 0.165. The molecule has 0 aliphatic heterocycles. The number of benzene rings is 1. The first-order chi connectivity index (χ1) is 6.77. The summed E-state index contributed by atoms with van der Waals surface area (Å²) in [6, 6.07) is 9.69. The third kappa shape index (κ3) is 2.02. The summed E-state index contributed by atoms with van der Waals surface area (Å²) >= 11 is 9.40. The summed E-state index contributed by atoms with van der Waals surface area (Å²) in [5.41, 5.74) is 2.27. The molecule has 1 nitrogen and oxygen atoms in total. The van der Waals surface area contributed by atoms with Crippen LogP contribution in [0.25, 0.3) is 0 Å². The SMILES string of the molecule is Clc1ccc(C(Br)c2ccoc2)cc1. The number of halogens is 2. The molecule has 2 rings (SSSR count). The Morgan fingerprint density at radius 2 is 1.79 bits per heavy atom. The van der Waals surface area contributed by atoms with Crippen LogP contribution in [0.3, 0.4) is 0 Å². The average molecular weight is 272 g/mol. The van der Waals surface area contributed by atoms with Gasteiger partial charge in [-0.05, 0) is 23.8 Å². The van der Waals surface area contributed by atoms with Gasteiger partial charge >= 0.3 is 0 Å². The quantitative estimate of drug-likeness (QED) is 0.737. The van der Waals surface area contributed by atoms with Crippen LogP contribution in [0.1, 0.15) is 16.0 Å². The Kier molecular flexibility index (Phi) is 2.94. The van der Waals surface area contributed by atoms with E-state index in [9.17, 15) is 0 Å². The van der Waals surface area contributed by atoms with E-state index in [-0.39, 0.29) is 4.83 Å². The van der Waals surface area contributed by atoms with Crippen molar-refractivity contribution in [1.29, 1.82) is 0 Å². The summed E-state index contributed by atoms with van der Waals surface area (Å²) in [5.74, 6) is 0. The van der Waals surface area contributed by atoms with E-state index in [1.807, 2.05) is 30.3 Å². The first-order valence-corrected chi connectivity index (χ1v) is 5.48. The number of hydrogen-bond acceptors (Lipinski definition) is 1. The zero-order chi connectivity index (χ0) is 9.97. The summed E-state index contributed by atoms with van der Waals surface area (Å²) in [7, 11) is 0. The maximum absolute atomic E-state index is 5.81. The maximum Gasteiger partial charge on any atom is 0.0949 e. The van der Waals surface area contributed by atoms with Gasteiger partial charge in [0.1, 0.15) is 0 Å². The molecule has 0 fully saturated rings. The van der Waals surface area contributed by atoms with Crippen LogP contribution in [0.15, 0.2) is 47.3 Å². The fourth-order valence-corrected chi connectivity index (χ4v) is 1.94. The monoisotopic (exact) mass is 270 g/mol. The summed E-state index contributed by atoms with van der Waals surface area (Å²) in [6.45, 7) is 0. The molecule has 1 aromatic carbocycles. The van der Waals surface area contributed by atoms with E-state index in [1.54, 1.807) is 12.5 Å². The molecule has 72 valence electrons. The molecule has 0 bridgehead atoms. The predicted molar refractivity (Wildman–Crippen MR) is 60.9 cm³/mol. The van der Waals surface area contributed by atoms with Crippen LogP contribution in [0.4, 0.5) is 0 Å². The van der Waals surface area contributed by atoms with E-state index >= 15 is 0 Å². The summed E-state index contributed by atoms with van der Waals surface area (Å²) in [5, 5.41) is 0.751. The molecule has 0 aliphatic rings. The molecule has 0 aliphatic carbocycles. The molecule has 1 unspecified atom stereocenters. The average Bonchev–Trinajstić information content (AvgIpc) is 2.71. The second-order valence-electron chi connectivity index (χ2n) is 2.97. The highest BCUT2D eigenvalue weighted by Crippen LogP contribution is 2.31. The topological polar surface area (TPSA) is 13.1 Å². The minimum atomic E-state index is 0.165. The first-order valence-electron chi connectivity index (χ1n) is 4.19. The van der Waals surface area contributed by atoms with Crippen LogP contribution < -0.4 is 0 Å². The molecule has 1 atom stereocenters. The lowest BCUT2D eigenvalue weighted by Gasteiger charge is -2.07. The maximum atomic E-state index is 5.81. The van der Waals surface area contributed by atoms with Crippen molar-refractivity contribution in [3.63, 3.8) is 0 Å². The summed E-state index contributed by atoms with van der Waals surface area (Å²) in [6.07, 6.45) is 3.40. The zero-order valence-corrected chi connectivity index (χ0v) is 9.62. The highest BCUT2D eigenvalue weighted by Gasteiger charge is 2.10. The lowest BCUT2D eigenvalue weighted by Crippen LogP contribution is -1.89. The van der Waals surface area contributed by atoms with Gasteiger partial charge in [0, 0.05) is 10.6 Å². The van der Waals surface area contributed by atoms with Gasteiger partial charge < -0.3 is 4.42 Å². The van der Waals surface area contributed by atoms with Crippen molar-refractivity contribution in [1.82, 2.24) is 0 Å². The number of alkyl halides is 1. The van der Waals surface area contributed by atoms with Gasteiger partial charge in [-0.2, -0.15) is 0 Å². The Hall–Kier alpha value is -0.730. The third-order valence-electron chi connectivity index (χ3n) is 2.00. The molecule has 3 heteroatoms. The van der Waals surface area contributed by atoms with Gasteiger partial charge in [-0.1, -0.05) is 39.7 Å². The van der Waals surface area contributed by atoms with E-state index in [2.05, 4.69) is 15.9 Å². The van der Waals surface area contributed by atoms with Crippen LogP contribution in [0, 0.1) is 0 Å². The van der Waals surface area contributed by atoms with Crippen molar-refractivity contribution in [3.8, 4) is 0 Å². The first kappa shape index (κ1) is 9.81. The van der Waals surface area contributed by atoms with Crippen LogP contribution >= 0.6 is 27.5 Å². The van der Waals surface area contributed by atoms with Crippen molar-refractivity contribution in [2.45, 2.75) is 4.83 Å². The second kappa shape index (κ2) is 4.20. The molecule has 0 saturated carbocycles. The molecule has 1 aromatic heterocycles. The van der Waals surface area contributed by atoms with Crippen LogP contribution in [-0.4, -0.2) is 0 Å². The van der Waals surface area contributed by atoms with Gasteiger partial charge in [0.05, 0.1) is 17.4 Å². The Morgan fingerprint density at radius 3 is 2.36 bits per heavy atom. The van der Waals surface area contributed by atoms with Crippen LogP contribution in [0.5, 0.6) is 0 Å². The third-order valence-corrected chi connectivity index (χ3v) is 3.31. The Labute approximate surface area is 95.8 Å². The van der Waals surface area contributed by atoms with Crippen molar-refractivity contribution < 1.29 is 4.42 Å². The van der Waals surface area contributed by atoms with Crippen molar-refractivity contribution >= 4 is 27.5 Å². The molecular weight excluding hydrogens is 263 g/mol. The smallest absolute Gasteiger partial charge is 0.0949 e. The van der Waals surface area contributed by atoms with Gasteiger partial charge in [0.25, 0.3) is 0 Å². The van der Waals surface area contributed by atoms with Gasteiger partial charge in [-0.3, -0.25) is 0 Å². The van der Waals surface area contributed by atoms with Crippen LogP contribution in [0.2, 0.25) is 5.02 Å². The standard InChI is InChI=1S/C11H8BrClO/c12-11(9-5-6-14-7-9)8-1-3-10(13)4-2-8/h1-7,11H. The lowest BCUT2D eigenvalue weighted by molar-refractivity contribution is 0.564. The predicted octanol–water partition coefficient (Wildman–Crippen LogP) is 4.42. The largest absolute Gasteiger partial charge is 0.472 e. The number of rotatable bonds is 2. The Balaban J connectivity index is 2.28. The van der Waals surface area contributed by atoms with E-state index in [4.69, 9.17) is 16.0 Å². The van der Waals surface area contributed by atoms with Crippen LogP contribution in [-0.2, 0) is 0 Å². The molecular formula is C11H8BrClO. The van der Waals surface area contributed by atoms with Crippen molar-refractivity contribution in [2.75, 3.05) is 0 Å². The highest BCUT2D eigenvalue weighted by atomic mass is 79.9. The van der Waals surface area contributed by atoms with Crippen molar-refractivity contribution in [3.05, 3.63) is 59.0 Å². The van der Waals surface area contributed by atoms with E-state index < -0.39 is 0 Å². The molecule has 0 spiro atoms. The molecule has 0 radical (unpaired) electrons. The van der Waals surface area contributed by atoms with E-state index in [1.165, 1.54) is 0 Å². The summed E-state index contributed by atoms with van der Waals surface area (Å²) < 4.78 is 5.02. The Morgan fingerprint density at radius 1 is 1.07 bits per heavy atom. The molecule has 14 heavy (non-hydrogen) atoms. The molecule has 0 amide bonds. The summed E-state index contributed by atoms with van der Waals surface area (Å²) in [4.78, 5) is 0.165. The van der Waals surface area contributed by atoms with E-state index in [0.717, 1.165) is 16.1 Å². The number of hydrogen-bond donors (Lipinski definition) is 0. The lowest BCUT2D eigenvalue weighted by atomic mass is 10.1. The molecule has 0 N–H and O–H groups in total. The second-order valence-corrected chi connectivity index (χ2v) is 4.32.